The van der Waals surface area contributed by atoms with Crippen LogP contribution in [0.15, 0.2) is 18.2 Å². The highest BCUT2D eigenvalue weighted by atomic mass is 19.1. The highest BCUT2D eigenvalue weighted by molar-refractivity contribution is 5.98. The first kappa shape index (κ1) is 13.5. The maximum atomic E-state index is 13.3. The van der Waals surface area contributed by atoms with Gasteiger partial charge in [-0.3, -0.25) is 14.5 Å². The standard InChI is InChI=1S/C14H17FN2O2/c1-14(2)6-12(18)17(13(19)7-14)8-9-3-4-11(16)10(15)5-9/h3-5H,6-8,16H2,1-2H3. The van der Waals surface area contributed by atoms with E-state index >= 15 is 0 Å². The number of anilines is 1. The monoisotopic (exact) mass is 264 g/mol. The van der Waals surface area contributed by atoms with Crippen LogP contribution in [0, 0.1) is 11.2 Å². The lowest BCUT2D eigenvalue weighted by atomic mass is 9.81. The molecule has 2 N–H and O–H groups in total. The Balaban J connectivity index is 2.16. The number of nitrogens with two attached hydrogens (primary N) is 1. The predicted octanol–water partition coefficient (Wildman–Crippen LogP) is 2.08. The highest BCUT2D eigenvalue weighted by Gasteiger charge is 2.37. The van der Waals surface area contributed by atoms with Crippen LogP contribution in [0.4, 0.5) is 10.1 Å². The molecule has 0 unspecified atom stereocenters. The van der Waals surface area contributed by atoms with Crippen molar-refractivity contribution in [1.82, 2.24) is 4.90 Å². The summed E-state index contributed by atoms with van der Waals surface area (Å²) in [6, 6.07) is 4.32. The van der Waals surface area contributed by atoms with Crippen molar-refractivity contribution in [2.75, 3.05) is 5.73 Å². The molecule has 4 nitrogen and oxygen atoms in total. The molecule has 102 valence electrons. The molecule has 1 aliphatic rings. The number of halogens is 1. The van der Waals surface area contributed by atoms with Gasteiger partial charge in [0.25, 0.3) is 0 Å². The fourth-order valence-corrected chi connectivity index (χ4v) is 2.24. The van der Waals surface area contributed by atoms with Crippen LogP contribution in [0.2, 0.25) is 0 Å². The number of piperidine rings is 1. The van der Waals surface area contributed by atoms with Crippen molar-refractivity contribution in [1.29, 1.82) is 0 Å². The van der Waals surface area contributed by atoms with Gasteiger partial charge in [0.05, 0.1) is 12.2 Å². The highest BCUT2D eigenvalue weighted by Crippen LogP contribution is 2.32. The molecule has 0 bridgehead atoms. The van der Waals surface area contributed by atoms with Gasteiger partial charge in [0.15, 0.2) is 0 Å². The second kappa shape index (κ2) is 4.64. The summed E-state index contributed by atoms with van der Waals surface area (Å²) in [6.45, 7) is 3.89. The minimum atomic E-state index is -0.533. The van der Waals surface area contributed by atoms with E-state index in [0.29, 0.717) is 18.4 Å². The van der Waals surface area contributed by atoms with Crippen molar-refractivity contribution in [3.8, 4) is 0 Å². The van der Waals surface area contributed by atoms with E-state index in [1.54, 1.807) is 6.07 Å². The first-order valence-electron chi connectivity index (χ1n) is 6.16. The van der Waals surface area contributed by atoms with Crippen LogP contribution >= 0.6 is 0 Å². The number of nitrogens with zero attached hydrogens (tertiary/aromatic N) is 1. The number of rotatable bonds is 2. The van der Waals surface area contributed by atoms with Crippen molar-refractivity contribution < 1.29 is 14.0 Å². The number of hydrogen-bond acceptors (Lipinski definition) is 3. The Bertz CT molecular complexity index is 520. The molecule has 1 aromatic rings. The zero-order chi connectivity index (χ0) is 14.2. The SMILES string of the molecule is CC1(C)CC(=O)N(Cc2ccc(N)c(F)c2)C(=O)C1. The fourth-order valence-electron chi connectivity index (χ4n) is 2.24. The van der Waals surface area contributed by atoms with Crippen LogP contribution in [0.3, 0.4) is 0 Å². The molecule has 0 aromatic heterocycles. The number of benzene rings is 1. The molecular formula is C14H17FN2O2. The average Bonchev–Trinajstić information content (AvgIpc) is 2.27. The molecule has 0 radical (unpaired) electrons. The number of carbonyl (C=O) groups excluding carboxylic acids is 2. The maximum absolute atomic E-state index is 13.3. The fraction of sp³-hybridized carbons (Fsp3) is 0.429. The van der Waals surface area contributed by atoms with E-state index in [0.717, 1.165) is 0 Å². The molecule has 1 saturated heterocycles. The molecule has 0 saturated carbocycles. The van der Waals surface area contributed by atoms with Gasteiger partial charge in [0.2, 0.25) is 11.8 Å². The average molecular weight is 264 g/mol. The lowest BCUT2D eigenvalue weighted by Gasteiger charge is -2.34. The normalized spacial score (nSPS) is 18.8. The van der Waals surface area contributed by atoms with Crippen molar-refractivity contribution in [2.24, 2.45) is 5.41 Å². The summed E-state index contributed by atoms with van der Waals surface area (Å²) in [5.41, 5.74) is 5.71. The summed E-state index contributed by atoms with van der Waals surface area (Å²) >= 11 is 0. The molecule has 1 aliphatic heterocycles. The largest absolute Gasteiger partial charge is 0.396 e. The number of imide groups is 1. The second-order valence-corrected chi connectivity index (χ2v) is 5.75. The number of hydrogen-bond donors (Lipinski definition) is 1. The quantitative estimate of drug-likeness (QED) is 0.657. The van der Waals surface area contributed by atoms with Crippen molar-refractivity contribution >= 4 is 17.5 Å². The van der Waals surface area contributed by atoms with Gasteiger partial charge in [-0.15, -0.1) is 0 Å². The van der Waals surface area contributed by atoms with Crippen molar-refractivity contribution in [3.05, 3.63) is 29.6 Å². The number of nitrogen functional groups attached to an aromatic ring is 1. The topological polar surface area (TPSA) is 63.4 Å². The molecule has 2 rings (SSSR count). The second-order valence-electron chi connectivity index (χ2n) is 5.75. The first-order valence-corrected chi connectivity index (χ1v) is 6.16. The molecule has 1 heterocycles. The molecule has 5 heteroatoms. The van der Waals surface area contributed by atoms with E-state index in [4.69, 9.17) is 5.73 Å². The smallest absolute Gasteiger partial charge is 0.230 e. The van der Waals surface area contributed by atoms with Gasteiger partial charge < -0.3 is 5.73 Å². The van der Waals surface area contributed by atoms with Gasteiger partial charge in [-0.1, -0.05) is 19.9 Å². The Kier molecular flexibility index (Phi) is 3.30. The van der Waals surface area contributed by atoms with Crippen LogP contribution in [0.25, 0.3) is 0 Å². The molecule has 2 amide bonds. The van der Waals surface area contributed by atoms with Crippen LogP contribution < -0.4 is 5.73 Å². The molecule has 0 spiro atoms. The van der Waals surface area contributed by atoms with E-state index < -0.39 is 5.82 Å². The summed E-state index contributed by atoms with van der Waals surface area (Å²) in [5, 5.41) is 0. The van der Waals surface area contributed by atoms with Crippen LogP contribution in [0.1, 0.15) is 32.3 Å². The number of likely N-dealkylation sites (tertiary alicyclic amines) is 1. The molecule has 0 atom stereocenters. The van der Waals surface area contributed by atoms with Gasteiger partial charge >= 0.3 is 0 Å². The first-order chi connectivity index (χ1) is 8.78. The van der Waals surface area contributed by atoms with E-state index in [-0.39, 0.29) is 29.5 Å². The number of carbonyl (C=O) groups is 2. The van der Waals surface area contributed by atoms with Gasteiger partial charge in [0, 0.05) is 12.8 Å². The van der Waals surface area contributed by atoms with Crippen LogP contribution in [0.5, 0.6) is 0 Å². The summed E-state index contributed by atoms with van der Waals surface area (Å²) in [7, 11) is 0. The maximum Gasteiger partial charge on any atom is 0.230 e. The van der Waals surface area contributed by atoms with E-state index in [2.05, 4.69) is 0 Å². The Morgan fingerprint density at radius 2 is 1.84 bits per heavy atom. The zero-order valence-electron chi connectivity index (χ0n) is 11.1. The van der Waals surface area contributed by atoms with Crippen molar-refractivity contribution in [3.63, 3.8) is 0 Å². The Hall–Kier alpha value is -1.91. The predicted molar refractivity (Wildman–Crippen MR) is 69.4 cm³/mol. The molecular weight excluding hydrogens is 247 g/mol. The summed E-state index contributed by atoms with van der Waals surface area (Å²) in [4.78, 5) is 25.1. The minimum Gasteiger partial charge on any atom is -0.396 e. The van der Waals surface area contributed by atoms with E-state index in [1.807, 2.05) is 13.8 Å². The van der Waals surface area contributed by atoms with Crippen LogP contribution in [-0.4, -0.2) is 16.7 Å². The van der Waals surface area contributed by atoms with Crippen molar-refractivity contribution in [2.45, 2.75) is 33.2 Å². The Morgan fingerprint density at radius 1 is 1.26 bits per heavy atom. The summed E-state index contributed by atoms with van der Waals surface area (Å²) < 4.78 is 13.3. The van der Waals surface area contributed by atoms with Gasteiger partial charge in [-0.2, -0.15) is 0 Å². The van der Waals surface area contributed by atoms with Gasteiger partial charge in [-0.25, -0.2) is 4.39 Å². The summed E-state index contributed by atoms with van der Waals surface area (Å²) in [5.74, 6) is -0.952. The van der Waals surface area contributed by atoms with E-state index in [9.17, 15) is 14.0 Å². The lowest BCUT2D eigenvalue weighted by Crippen LogP contribution is -2.45. The molecule has 0 aliphatic carbocycles. The third kappa shape index (κ3) is 2.92. The third-order valence-corrected chi connectivity index (χ3v) is 3.27. The third-order valence-electron chi connectivity index (χ3n) is 3.27. The molecule has 1 aromatic carbocycles. The van der Waals surface area contributed by atoms with Gasteiger partial charge in [0.1, 0.15) is 5.82 Å². The van der Waals surface area contributed by atoms with E-state index in [1.165, 1.54) is 17.0 Å². The molecule has 1 fully saturated rings. The summed E-state index contributed by atoms with van der Waals surface area (Å²) in [6.07, 6.45) is 0.659. The minimum absolute atomic E-state index is 0.0566. The Labute approximate surface area is 111 Å². The van der Waals surface area contributed by atoms with Crippen LogP contribution in [-0.2, 0) is 16.1 Å². The Morgan fingerprint density at radius 3 is 2.37 bits per heavy atom. The van der Waals surface area contributed by atoms with Gasteiger partial charge in [-0.05, 0) is 23.1 Å². The lowest BCUT2D eigenvalue weighted by molar-refractivity contribution is -0.153. The zero-order valence-corrected chi connectivity index (χ0v) is 11.1. The number of amides is 2. The molecule has 19 heavy (non-hydrogen) atoms.